The lowest BCUT2D eigenvalue weighted by Crippen LogP contribution is -2.50. The van der Waals surface area contributed by atoms with Gasteiger partial charge in [-0.2, -0.15) is 10.3 Å². The van der Waals surface area contributed by atoms with Crippen molar-refractivity contribution in [1.82, 2.24) is 5.32 Å². The highest BCUT2D eigenvalue weighted by Gasteiger charge is 2.36. The van der Waals surface area contributed by atoms with Crippen LogP contribution in [0.15, 0.2) is 53.5 Å². The quantitative estimate of drug-likeness (QED) is 0.518. The van der Waals surface area contributed by atoms with Crippen LogP contribution in [0.25, 0.3) is 0 Å². The van der Waals surface area contributed by atoms with Gasteiger partial charge in [-0.3, -0.25) is 0 Å². The Bertz CT molecular complexity index is 827. The summed E-state index contributed by atoms with van der Waals surface area (Å²) < 4.78 is 0. The van der Waals surface area contributed by atoms with Crippen molar-refractivity contribution >= 4 is 5.84 Å². The molecule has 3 rings (SSSR count). The molecular formula is C22H25N3. The molecule has 0 aliphatic heterocycles. The molecule has 3 nitrogen and oxygen atoms in total. The van der Waals surface area contributed by atoms with Crippen LogP contribution in [0.3, 0.4) is 0 Å². The van der Waals surface area contributed by atoms with Crippen LogP contribution in [-0.2, 0) is 18.3 Å². The van der Waals surface area contributed by atoms with Gasteiger partial charge in [-0.1, -0.05) is 62.4 Å². The number of hydrogen-bond donors (Lipinski definition) is 1. The third kappa shape index (κ3) is 3.58. The number of nitrogens with zero attached hydrogens (tertiary/aromatic N) is 2. The summed E-state index contributed by atoms with van der Waals surface area (Å²) in [7, 11) is 0. The number of aliphatic imine (C=N–C) groups is 1. The highest BCUT2D eigenvalue weighted by Crippen LogP contribution is 2.36. The van der Waals surface area contributed by atoms with E-state index < -0.39 is 0 Å². The van der Waals surface area contributed by atoms with Crippen LogP contribution in [-0.4, -0.2) is 11.9 Å². The monoisotopic (exact) mass is 331 g/mol. The van der Waals surface area contributed by atoms with E-state index in [4.69, 9.17) is 5.26 Å². The van der Waals surface area contributed by atoms with Crippen molar-refractivity contribution in [2.75, 3.05) is 0 Å². The molecule has 3 heteroatoms. The van der Waals surface area contributed by atoms with E-state index >= 15 is 0 Å². The van der Waals surface area contributed by atoms with Crippen molar-refractivity contribution in [3.8, 4) is 6.19 Å². The summed E-state index contributed by atoms with van der Waals surface area (Å²) in [6.45, 7) is 6.65. The Hall–Kier alpha value is -2.60. The Balaban J connectivity index is 1.83. The summed E-state index contributed by atoms with van der Waals surface area (Å²) in [6.07, 6.45) is 4.73. The van der Waals surface area contributed by atoms with Crippen molar-refractivity contribution in [2.24, 2.45) is 4.99 Å². The number of aryl methyl sites for hydroxylation is 2. The molecule has 0 bridgehead atoms. The lowest BCUT2D eigenvalue weighted by molar-refractivity contribution is 0.336. The van der Waals surface area contributed by atoms with Crippen LogP contribution in [0.2, 0.25) is 0 Å². The number of benzene rings is 2. The van der Waals surface area contributed by atoms with Crippen LogP contribution < -0.4 is 5.32 Å². The number of hydrogen-bond acceptors (Lipinski definition) is 2. The zero-order chi connectivity index (χ0) is 17.9. The van der Waals surface area contributed by atoms with Crippen molar-refractivity contribution in [1.29, 1.82) is 5.26 Å². The molecule has 1 N–H and O–H groups in total. The van der Waals surface area contributed by atoms with Crippen LogP contribution in [0.1, 0.15) is 42.5 Å². The van der Waals surface area contributed by atoms with Gasteiger partial charge in [0.2, 0.25) is 6.19 Å². The Morgan fingerprint density at radius 1 is 1.20 bits per heavy atom. The third-order valence-corrected chi connectivity index (χ3v) is 5.43. The molecule has 25 heavy (non-hydrogen) atoms. The SMILES string of the molecule is Cc1ccccc1C/C(=N\C#N)NC1CCc2ccccc2C1(C)C. The molecule has 0 aromatic heterocycles. The molecule has 0 saturated carbocycles. The number of nitrogens with one attached hydrogen (secondary N) is 1. The van der Waals surface area contributed by atoms with E-state index in [1.54, 1.807) is 0 Å². The van der Waals surface area contributed by atoms with Crippen molar-refractivity contribution < 1.29 is 0 Å². The summed E-state index contributed by atoms with van der Waals surface area (Å²) in [5.41, 5.74) is 5.26. The Kier molecular flexibility index (Phi) is 4.90. The number of fused-ring (bicyclic) bond motifs is 1. The third-order valence-electron chi connectivity index (χ3n) is 5.43. The molecule has 0 heterocycles. The molecule has 0 amide bonds. The molecule has 2 aromatic carbocycles. The van der Waals surface area contributed by atoms with Gasteiger partial charge in [-0.15, -0.1) is 0 Å². The molecule has 1 aliphatic rings. The van der Waals surface area contributed by atoms with Gasteiger partial charge in [0.05, 0.1) is 0 Å². The number of rotatable bonds is 3. The second-order valence-electron chi connectivity index (χ2n) is 7.38. The molecule has 1 unspecified atom stereocenters. The summed E-state index contributed by atoms with van der Waals surface area (Å²) in [5, 5.41) is 12.7. The maximum absolute atomic E-state index is 9.12. The second kappa shape index (κ2) is 7.11. The molecule has 0 spiro atoms. The van der Waals surface area contributed by atoms with Gasteiger partial charge in [-0.05, 0) is 42.0 Å². The fourth-order valence-electron chi connectivity index (χ4n) is 3.84. The fourth-order valence-corrected chi connectivity index (χ4v) is 3.84. The highest BCUT2D eigenvalue weighted by atomic mass is 15.0. The van der Waals surface area contributed by atoms with Crippen LogP contribution in [0.4, 0.5) is 0 Å². The molecule has 2 aromatic rings. The van der Waals surface area contributed by atoms with E-state index in [-0.39, 0.29) is 11.5 Å². The zero-order valence-electron chi connectivity index (χ0n) is 15.2. The van der Waals surface area contributed by atoms with E-state index in [9.17, 15) is 0 Å². The van der Waals surface area contributed by atoms with Crippen LogP contribution >= 0.6 is 0 Å². The maximum atomic E-state index is 9.12. The predicted molar refractivity (Wildman–Crippen MR) is 103 cm³/mol. The number of nitriles is 1. The molecule has 128 valence electrons. The second-order valence-corrected chi connectivity index (χ2v) is 7.38. The average Bonchev–Trinajstić information content (AvgIpc) is 2.60. The first-order valence-corrected chi connectivity index (χ1v) is 8.87. The fraction of sp³-hybridized carbons (Fsp3) is 0.364. The highest BCUT2D eigenvalue weighted by molar-refractivity contribution is 5.86. The van der Waals surface area contributed by atoms with Crippen LogP contribution in [0.5, 0.6) is 0 Å². The van der Waals surface area contributed by atoms with Gasteiger partial charge in [0.1, 0.15) is 5.84 Å². The largest absolute Gasteiger partial charge is 0.369 e. The summed E-state index contributed by atoms with van der Waals surface area (Å²) >= 11 is 0. The summed E-state index contributed by atoms with van der Waals surface area (Å²) in [6, 6.07) is 17.2. The van der Waals surface area contributed by atoms with Gasteiger partial charge in [0.25, 0.3) is 0 Å². The Morgan fingerprint density at radius 3 is 2.68 bits per heavy atom. The minimum Gasteiger partial charge on any atom is -0.369 e. The molecule has 1 aliphatic carbocycles. The predicted octanol–water partition coefficient (Wildman–Crippen LogP) is 4.30. The zero-order valence-corrected chi connectivity index (χ0v) is 15.2. The lowest BCUT2D eigenvalue weighted by Gasteiger charge is -2.41. The van der Waals surface area contributed by atoms with E-state index in [1.165, 1.54) is 22.3 Å². The lowest BCUT2D eigenvalue weighted by atomic mass is 9.69. The standard InChI is InChI=1S/C22H25N3/c1-16-8-4-5-10-18(16)14-21(24-15-23)25-20-13-12-17-9-6-7-11-19(17)22(20,2)3/h4-11,20H,12-14H2,1-3H3,(H,24,25). The summed E-state index contributed by atoms with van der Waals surface area (Å²) in [4.78, 5) is 4.09. The van der Waals surface area contributed by atoms with Crippen molar-refractivity contribution in [2.45, 2.75) is 51.5 Å². The van der Waals surface area contributed by atoms with E-state index in [2.05, 4.69) is 67.5 Å². The van der Waals surface area contributed by atoms with Gasteiger partial charge >= 0.3 is 0 Å². The molecule has 0 fully saturated rings. The molecule has 0 radical (unpaired) electrons. The smallest absolute Gasteiger partial charge is 0.207 e. The number of amidine groups is 1. The van der Waals surface area contributed by atoms with Crippen molar-refractivity contribution in [3.05, 3.63) is 70.8 Å². The van der Waals surface area contributed by atoms with Gasteiger partial charge in [-0.25, -0.2) is 0 Å². The summed E-state index contributed by atoms with van der Waals surface area (Å²) in [5.74, 6) is 0.759. The molecule has 0 saturated heterocycles. The normalized spacial score (nSPS) is 19.0. The Labute approximate surface area is 150 Å². The minimum atomic E-state index is -0.00317. The minimum absolute atomic E-state index is 0.00317. The van der Waals surface area contributed by atoms with Crippen molar-refractivity contribution in [3.63, 3.8) is 0 Å². The first kappa shape index (κ1) is 17.2. The average molecular weight is 331 g/mol. The Morgan fingerprint density at radius 2 is 1.92 bits per heavy atom. The molecule has 1 atom stereocenters. The van der Waals surface area contributed by atoms with Gasteiger partial charge in [0, 0.05) is 17.9 Å². The van der Waals surface area contributed by atoms with Gasteiger partial charge < -0.3 is 5.32 Å². The van der Waals surface area contributed by atoms with E-state index in [0.29, 0.717) is 6.42 Å². The maximum Gasteiger partial charge on any atom is 0.207 e. The first-order valence-electron chi connectivity index (χ1n) is 8.87. The van der Waals surface area contributed by atoms with Gasteiger partial charge in [0.15, 0.2) is 0 Å². The van der Waals surface area contributed by atoms with Crippen LogP contribution in [0, 0.1) is 18.4 Å². The first-order chi connectivity index (χ1) is 12.0. The topological polar surface area (TPSA) is 48.2 Å². The van der Waals surface area contributed by atoms with E-state index in [1.807, 2.05) is 18.3 Å². The van der Waals surface area contributed by atoms with E-state index in [0.717, 1.165) is 18.7 Å². The molecular weight excluding hydrogens is 306 g/mol.